The molecule has 1 fully saturated rings. The van der Waals surface area contributed by atoms with Crippen LogP contribution in [0.3, 0.4) is 0 Å². The first-order valence-electron chi connectivity index (χ1n) is 9.90. The van der Waals surface area contributed by atoms with Crippen molar-refractivity contribution in [3.63, 3.8) is 0 Å². The molecule has 1 amide bonds. The molecule has 1 aliphatic carbocycles. The lowest BCUT2D eigenvalue weighted by molar-refractivity contribution is 0.0905. The maximum absolute atomic E-state index is 12.6. The third-order valence-electron chi connectivity index (χ3n) is 5.18. The van der Waals surface area contributed by atoms with Crippen LogP contribution < -0.4 is 5.32 Å². The second-order valence-corrected chi connectivity index (χ2v) is 7.38. The molecular weight excluding hydrogens is 312 g/mol. The molecule has 3 rings (SSSR count). The van der Waals surface area contributed by atoms with Crippen LogP contribution in [0, 0.1) is 6.92 Å². The monoisotopic (exact) mass is 342 g/mol. The van der Waals surface area contributed by atoms with E-state index in [4.69, 9.17) is 4.42 Å². The van der Waals surface area contributed by atoms with Crippen LogP contribution in [0.25, 0.3) is 11.1 Å². The zero-order valence-corrected chi connectivity index (χ0v) is 15.4. The maximum Gasteiger partial charge on any atom is 0.287 e. The predicted molar refractivity (Wildman–Crippen MR) is 101 cm³/mol. The number of furan rings is 1. The average molecular weight is 342 g/mol. The first-order chi connectivity index (χ1) is 12.2. The highest BCUT2D eigenvalue weighted by Crippen LogP contribution is 2.20. The van der Waals surface area contributed by atoms with Gasteiger partial charge in [0.1, 0.15) is 5.52 Å². The third-order valence-corrected chi connectivity index (χ3v) is 5.18. The number of aryl methyl sites for hydroxylation is 1. The number of aromatic nitrogens is 1. The van der Waals surface area contributed by atoms with Crippen molar-refractivity contribution in [3.05, 3.63) is 29.7 Å². The number of carbonyl (C=O) groups is 1. The Hall–Kier alpha value is -1.84. The summed E-state index contributed by atoms with van der Waals surface area (Å²) in [6.07, 6.45) is 13.9. The van der Waals surface area contributed by atoms with Crippen LogP contribution in [0.15, 0.2) is 22.6 Å². The molecule has 0 radical (unpaired) electrons. The standard InChI is InChI=1S/C21H30N2O2/c1-16-13-14-19-18(22-16)15-20(25-19)21(24)23-17-11-9-7-5-3-2-4-6-8-10-12-17/h13-15,17H,2-12H2,1H3,(H,23,24). The van der Waals surface area contributed by atoms with Gasteiger partial charge in [0, 0.05) is 17.8 Å². The lowest BCUT2D eigenvalue weighted by atomic mass is 9.98. The fourth-order valence-electron chi connectivity index (χ4n) is 3.70. The highest BCUT2D eigenvalue weighted by Gasteiger charge is 2.17. The fraction of sp³-hybridized carbons (Fsp3) is 0.619. The van der Waals surface area contributed by atoms with Gasteiger partial charge in [-0.15, -0.1) is 0 Å². The van der Waals surface area contributed by atoms with E-state index in [1.54, 1.807) is 6.07 Å². The Balaban J connectivity index is 1.61. The van der Waals surface area contributed by atoms with Crippen LogP contribution in [-0.2, 0) is 0 Å². The lowest BCUT2D eigenvalue weighted by Crippen LogP contribution is -2.34. The van der Waals surface area contributed by atoms with Crippen LogP contribution in [0.1, 0.15) is 86.9 Å². The van der Waals surface area contributed by atoms with Gasteiger partial charge in [-0.25, -0.2) is 4.98 Å². The summed E-state index contributed by atoms with van der Waals surface area (Å²) in [5.41, 5.74) is 2.36. The molecule has 1 aliphatic rings. The molecule has 0 saturated heterocycles. The van der Waals surface area contributed by atoms with Crippen LogP contribution in [0.4, 0.5) is 0 Å². The largest absolute Gasteiger partial charge is 0.449 e. The molecule has 1 saturated carbocycles. The maximum atomic E-state index is 12.6. The minimum absolute atomic E-state index is 0.104. The Bertz CT molecular complexity index is 680. The number of pyridine rings is 1. The number of nitrogens with one attached hydrogen (secondary N) is 1. The molecule has 4 heteroatoms. The second-order valence-electron chi connectivity index (χ2n) is 7.38. The topological polar surface area (TPSA) is 55.1 Å². The van der Waals surface area contributed by atoms with Crippen molar-refractivity contribution in [1.82, 2.24) is 10.3 Å². The molecule has 25 heavy (non-hydrogen) atoms. The number of rotatable bonds is 2. The number of amides is 1. The van der Waals surface area contributed by atoms with Gasteiger partial charge >= 0.3 is 0 Å². The highest BCUT2D eigenvalue weighted by molar-refractivity contribution is 5.95. The molecule has 1 N–H and O–H groups in total. The second kappa shape index (κ2) is 9.02. The van der Waals surface area contributed by atoms with Gasteiger partial charge in [-0.3, -0.25) is 4.79 Å². The Morgan fingerprint density at radius 2 is 1.60 bits per heavy atom. The number of nitrogens with zero attached hydrogens (tertiary/aromatic N) is 1. The van der Waals surface area contributed by atoms with Gasteiger partial charge in [-0.2, -0.15) is 0 Å². The minimum Gasteiger partial charge on any atom is -0.449 e. The summed E-state index contributed by atoms with van der Waals surface area (Å²) < 4.78 is 5.69. The van der Waals surface area contributed by atoms with Crippen LogP contribution in [0.2, 0.25) is 0 Å². The molecule has 0 atom stereocenters. The summed E-state index contributed by atoms with van der Waals surface area (Å²) in [4.78, 5) is 17.0. The summed E-state index contributed by atoms with van der Waals surface area (Å²) in [5, 5.41) is 3.20. The fourth-order valence-corrected chi connectivity index (χ4v) is 3.70. The van der Waals surface area contributed by atoms with Crippen molar-refractivity contribution < 1.29 is 9.21 Å². The van der Waals surface area contributed by atoms with E-state index < -0.39 is 0 Å². The molecule has 0 aromatic carbocycles. The zero-order chi connectivity index (χ0) is 17.5. The van der Waals surface area contributed by atoms with Crippen molar-refractivity contribution in [2.24, 2.45) is 0 Å². The molecule has 136 valence electrons. The smallest absolute Gasteiger partial charge is 0.287 e. The van der Waals surface area contributed by atoms with Gasteiger partial charge in [0.05, 0.1) is 0 Å². The Morgan fingerprint density at radius 1 is 1.00 bits per heavy atom. The number of hydrogen-bond acceptors (Lipinski definition) is 3. The summed E-state index contributed by atoms with van der Waals surface area (Å²) in [5.74, 6) is 0.270. The quantitative estimate of drug-likeness (QED) is 0.779. The van der Waals surface area contributed by atoms with Crippen molar-refractivity contribution in [2.45, 2.75) is 83.6 Å². The van der Waals surface area contributed by atoms with Crippen molar-refractivity contribution in [3.8, 4) is 0 Å². The van der Waals surface area contributed by atoms with Gasteiger partial charge in [0.2, 0.25) is 0 Å². The lowest BCUT2D eigenvalue weighted by Gasteiger charge is -2.19. The summed E-state index contributed by atoms with van der Waals surface area (Å²) in [7, 11) is 0. The summed E-state index contributed by atoms with van der Waals surface area (Å²) in [6, 6.07) is 5.80. The summed E-state index contributed by atoms with van der Waals surface area (Å²) >= 11 is 0. The molecule has 0 spiro atoms. The van der Waals surface area contributed by atoms with E-state index in [0.717, 1.165) is 24.1 Å². The van der Waals surface area contributed by atoms with E-state index in [0.29, 0.717) is 11.3 Å². The molecule has 0 bridgehead atoms. The molecule has 0 aliphatic heterocycles. The van der Waals surface area contributed by atoms with Crippen LogP contribution in [-0.4, -0.2) is 16.9 Å². The zero-order valence-electron chi connectivity index (χ0n) is 15.4. The molecule has 2 aromatic heterocycles. The van der Waals surface area contributed by atoms with E-state index in [1.807, 2.05) is 19.1 Å². The van der Waals surface area contributed by atoms with E-state index in [-0.39, 0.29) is 11.9 Å². The predicted octanol–water partition coefficient (Wildman–Crippen LogP) is 5.54. The Labute approximate surface area is 150 Å². The first kappa shape index (κ1) is 18.0. The van der Waals surface area contributed by atoms with Gasteiger partial charge in [0.25, 0.3) is 5.91 Å². The van der Waals surface area contributed by atoms with Gasteiger partial charge in [-0.1, -0.05) is 57.8 Å². The van der Waals surface area contributed by atoms with Gasteiger partial charge < -0.3 is 9.73 Å². The van der Waals surface area contributed by atoms with Crippen molar-refractivity contribution in [1.29, 1.82) is 0 Å². The molecule has 2 aromatic rings. The molecule has 2 heterocycles. The molecular formula is C21H30N2O2. The number of fused-ring (bicyclic) bond motifs is 1. The Kier molecular flexibility index (Phi) is 6.48. The molecule has 0 unspecified atom stereocenters. The minimum atomic E-state index is -0.104. The van der Waals surface area contributed by atoms with E-state index in [1.165, 1.54) is 57.8 Å². The highest BCUT2D eigenvalue weighted by atomic mass is 16.3. The van der Waals surface area contributed by atoms with Crippen LogP contribution >= 0.6 is 0 Å². The average Bonchev–Trinajstić information content (AvgIpc) is 3.00. The van der Waals surface area contributed by atoms with Gasteiger partial charge in [-0.05, 0) is 31.9 Å². The van der Waals surface area contributed by atoms with Crippen molar-refractivity contribution >= 4 is 17.0 Å². The SMILES string of the molecule is Cc1ccc2oc(C(=O)NC3CCCCCCCCCCC3)cc2n1. The summed E-state index contributed by atoms with van der Waals surface area (Å²) in [6.45, 7) is 1.94. The third kappa shape index (κ3) is 5.32. The van der Waals surface area contributed by atoms with Crippen molar-refractivity contribution in [2.75, 3.05) is 0 Å². The normalized spacial score (nSPS) is 18.4. The number of hydrogen-bond donors (Lipinski definition) is 1. The number of carbonyl (C=O) groups excluding carboxylic acids is 1. The molecule has 4 nitrogen and oxygen atoms in total. The first-order valence-corrected chi connectivity index (χ1v) is 9.90. The van der Waals surface area contributed by atoms with Crippen LogP contribution in [0.5, 0.6) is 0 Å². The van der Waals surface area contributed by atoms with E-state index >= 15 is 0 Å². The van der Waals surface area contributed by atoms with E-state index in [9.17, 15) is 4.79 Å². The van der Waals surface area contributed by atoms with E-state index in [2.05, 4.69) is 10.3 Å². The van der Waals surface area contributed by atoms with Gasteiger partial charge in [0.15, 0.2) is 11.3 Å². The Morgan fingerprint density at radius 3 is 2.24 bits per heavy atom.